The Balaban J connectivity index is 1.87. The van der Waals surface area contributed by atoms with E-state index in [-0.39, 0.29) is 11.7 Å². The zero-order chi connectivity index (χ0) is 26.0. The molecule has 2 heterocycles. The van der Waals surface area contributed by atoms with E-state index < -0.39 is 12.5 Å². The number of fused-ring (bicyclic) bond motifs is 1. The standard InChI is InChI=1S/C29H31F3N2O2/c1-5-19-8-7-9-20(6-2)28(19)25-15-23-24(27(35)14-18(3)4)17-34(26(23)16-33-25)21-10-12-22(13-11-21)36-29(30,31)32/h7-13,15-18,27,35H,5-6,14H2,1-4H3. The van der Waals surface area contributed by atoms with Gasteiger partial charge in [-0.3, -0.25) is 4.98 Å². The number of aliphatic hydroxyl groups is 1. The molecule has 4 rings (SSSR count). The molecule has 36 heavy (non-hydrogen) atoms. The van der Waals surface area contributed by atoms with Crippen LogP contribution in [-0.4, -0.2) is 21.0 Å². The molecular formula is C29H31F3N2O2. The molecular weight excluding hydrogens is 465 g/mol. The van der Waals surface area contributed by atoms with Crippen molar-refractivity contribution in [2.75, 3.05) is 0 Å². The van der Waals surface area contributed by atoms with Gasteiger partial charge in [-0.25, -0.2) is 0 Å². The van der Waals surface area contributed by atoms with Gasteiger partial charge < -0.3 is 14.4 Å². The van der Waals surface area contributed by atoms with Gasteiger partial charge in [0.1, 0.15) is 5.75 Å². The molecule has 0 saturated heterocycles. The molecule has 4 aromatic rings. The summed E-state index contributed by atoms with van der Waals surface area (Å²) in [4.78, 5) is 4.80. The Labute approximate surface area is 209 Å². The third-order valence-electron chi connectivity index (χ3n) is 6.38. The molecule has 0 aliphatic rings. The van der Waals surface area contributed by atoms with Gasteiger partial charge in [-0.1, -0.05) is 45.9 Å². The van der Waals surface area contributed by atoms with Crippen molar-refractivity contribution < 1.29 is 23.0 Å². The highest BCUT2D eigenvalue weighted by Crippen LogP contribution is 2.36. The van der Waals surface area contributed by atoms with E-state index in [9.17, 15) is 18.3 Å². The van der Waals surface area contributed by atoms with E-state index in [2.05, 4.69) is 50.6 Å². The van der Waals surface area contributed by atoms with Crippen LogP contribution in [0.1, 0.15) is 56.9 Å². The average molecular weight is 497 g/mol. The quantitative estimate of drug-likeness (QED) is 0.271. The van der Waals surface area contributed by atoms with Gasteiger partial charge in [0.15, 0.2) is 0 Å². The largest absolute Gasteiger partial charge is 0.573 e. The SMILES string of the molecule is CCc1cccc(CC)c1-c1cc2c(C(O)CC(C)C)cn(-c3ccc(OC(F)(F)F)cc3)c2cn1. The third kappa shape index (κ3) is 5.41. The van der Waals surface area contributed by atoms with Crippen LogP contribution in [-0.2, 0) is 12.8 Å². The number of aromatic nitrogens is 2. The maximum Gasteiger partial charge on any atom is 0.573 e. The third-order valence-corrected chi connectivity index (χ3v) is 6.38. The zero-order valence-electron chi connectivity index (χ0n) is 20.9. The average Bonchev–Trinajstić information content (AvgIpc) is 3.21. The fourth-order valence-corrected chi connectivity index (χ4v) is 4.72. The molecule has 0 amide bonds. The van der Waals surface area contributed by atoms with Crippen LogP contribution < -0.4 is 4.74 Å². The van der Waals surface area contributed by atoms with Crippen LogP contribution in [0, 0.1) is 5.92 Å². The number of ether oxygens (including phenoxy) is 1. The maximum atomic E-state index is 12.6. The fourth-order valence-electron chi connectivity index (χ4n) is 4.72. The van der Waals surface area contributed by atoms with Crippen molar-refractivity contribution >= 4 is 10.9 Å². The molecule has 0 radical (unpaired) electrons. The van der Waals surface area contributed by atoms with E-state index in [0.29, 0.717) is 12.1 Å². The first kappa shape index (κ1) is 25.8. The summed E-state index contributed by atoms with van der Waals surface area (Å²) in [5.74, 6) is -0.00234. The molecule has 1 N–H and O–H groups in total. The van der Waals surface area contributed by atoms with Crippen molar-refractivity contribution in [1.29, 1.82) is 0 Å². The maximum absolute atomic E-state index is 12.6. The molecule has 1 atom stereocenters. The number of hydrogen-bond acceptors (Lipinski definition) is 3. The number of rotatable bonds is 8. The summed E-state index contributed by atoms with van der Waals surface area (Å²) in [6.07, 6.45) is 0.530. The molecule has 4 nitrogen and oxygen atoms in total. The van der Waals surface area contributed by atoms with Crippen LogP contribution in [0.25, 0.3) is 27.8 Å². The molecule has 1 unspecified atom stereocenters. The highest BCUT2D eigenvalue weighted by Gasteiger charge is 2.31. The molecule has 7 heteroatoms. The van der Waals surface area contributed by atoms with Crippen LogP contribution in [0.15, 0.2) is 60.9 Å². The van der Waals surface area contributed by atoms with Gasteiger partial charge in [-0.05, 0) is 66.6 Å². The lowest BCUT2D eigenvalue weighted by Crippen LogP contribution is -2.17. The molecule has 0 bridgehead atoms. The minimum atomic E-state index is -4.75. The Kier molecular flexibility index (Phi) is 7.41. The Morgan fingerprint density at radius 3 is 2.19 bits per heavy atom. The van der Waals surface area contributed by atoms with Gasteiger partial charge >= 0.3 is 6.36 Å². The predicted molar refractivity (Wildman–Crippen MR) is 136 cm³/mol. The summed E-state index contributed by atoms with van der Waals surface area (Å²) in [5.41, 5.74) is 6.58. The molecule has 190 valence electrons. The molecule has 2 aromatic heterocycles. The van der Waals surface area contributed by atoms with E-state index in [1.54, 1.807) is 18.3 Å². The Hall–Kier alpha value is -3.32. The summed E-state index contributed by atoms with van der Waals surface area (Å²) in [7, 11) is 0. The summed E-state index contributed by atoms with van der Waals surface area (Å²) < 4.78 is 43.6. The summed E-state index contributed by atoms with van der Waals surface area (Å²) in [6.45, 7) is 8.36. The van der Waals surface area contributed by atoms with Gasteiger partial charge in [-0.2, -0.15) is 0 Å². The lowest BCUT2D eigenvalue weighted by atomic mass is 9.93. The first-order valence-electron chi connectivity index (χ1n) is 12.3. The van der Waals surface area contributed by atoms with Crippen molar-refractivity contribution in [3.63, 3.8) is 0 Å². The summed E-state index contributed by atoms with van der Waals surface area (Å²) in [5, 5.41) is 12.0. The van der Waals surface area contributed by atoms with E-state index >= 15 is 0 Å². The lowest BCUT2D eigenvalue weighted by Gasteiger charge is -2.14. The number of alkyl halides is 3. The Bertz CT molecular complexity index is 1320. The first-order chi connectivity index (χ1) is 17.1. The monoisotopic (exact) mass is 496 g/mol. The van der Waals surface area contributed by atoms with Gasteiger partial charge in [0, 0.05) is 28.4 Å². The fraction of sp³-hybridized carbons (Fsp3) is 0.345. The normalized spacial score (nSPS) is 12.9. The number of benzene rings is 2. The van der Waals surface area contributed by atoms with E-state index in [1.807, 2.05) is 16.8 Å². The Morgan fingerprint density at radius 2 is 1.64 bits per heavy atom. The van der Waals surface area contributed by atoms with Crippen LogP contribution in [0.4, 0.5) is 13.2 Å². The van der Waals surface area contributed by atoms with Crippen LogP contribution in [0.5, 0.6) is 5.75 Å². The molecule has 0 aliphatic heterocycles. The number of aryl methyl sites for hydroxylation is 2. The van der Waals surface area contributed by atoms with Crippen molar-refractivity contribution in [2.45, 2.75) is 59.4 Å². The second-order valence-electron chi connectivity index (χ2n) is 9.39. The van der Waals surface area contributed by atoms with Crippen molar-refractivity contribution in [1.82, 2.24) is 9.55 Å². The molecule has 2 aromatic carbocycles. The van der Waals surface area contributed by atoms with E-state index in [4.69, 9.17) is 4.98 Å². The topological polar surface area (TPSA) is 47.3 Å². The van der Waals surface area contributed by atoms with Gasteiger partial charge in [0.25, 0.3) is 0 Å². The van der Waals surface area contributed by atoms with Crippen molar-refractivity contribution in [3.05, 3.63) is 77.6 Å². The molecule has 0 fully saturated rings. The van der Waals surface area contributed by atoms with Crippen molar-refractivity contribution in [3.8, 4) is 22.7 Å². The van der Waals surface area contributed by atoms with Crippen LogP contribution >= 0.6 is 0 Å². The second kappa shape index (κ2) is 10.3. The minimum absolute atomic E-state index is 0.283. The number of pyridine rings is 1. The highest BCUT2D eigenvalue weighted by atomic mass is 19.4. The Morgan fingerprint density at radius 1 is 1.00 bits per heavy atom. The molecule has 0 saturated carbocycles. The van der Waals surface area contributed by atoms with Crippen LogP contribution in [0.2, 0.25) is 0 Å². The van der Waals surface area contributed by atoms with E-state index in [1.165, 1.54) is 23.3 Å². The smallest absolute Gasteiger partial charge is 0.406 e. The zero-order valence-corrected chi connectivity index (χ0v) is 20.9. The predicted octanol–water partition coefficient (Wildman–Crippen LogP) is 7.80. The van der Waals surface area contributed by atoms with Gasteiger partial charge in [0.05, 0.1) is 23.5 Å². The lowest BCUT2D eigenvalue weighted by molar-refractivity contribution is -0.274. The van der Waals surface area contributed by atoms with Gasteiger partial charge in [-0.15, -0.1) is 13.2 Å². The van der Waals surface area contributed by atoms with Crippen molar-refractivity contribution in [2.24, 2.45) is 5.92 Å². The van der Waals surface area contributed by atoms with Gasteiger partial charge in [0.2, 0.25) is 0 Å². The summed E-state index contributed by atoms with van der Waals surface area (Å²) in [6, 6.07) is 14.0. The minimum Gasteiger partial charge on any atom is -0.406 e. The van der Waals surface area contributed by atoms with E-state index in [0.717, 1.165) is 40.6 Å². The van der Waals surface area contributed by atoms with Crippen LogP contribution in [0.3, 0.4) is 0 Å². The molecule has 0 spiro atoms. The highest BCUT2D eigenvalue weighted by molar-refractivity contribution is 5.89. The number of nitrogens with zero attached hydrogens (tertiary/aromatic N) is 2. The molecule has 0 aliphatic carbocycles. The number of halogens is 3. The first-order valence-corrected chi connectivity index (χ1v) is 12.3. The second-order valence-corrected chi connectivity index (χ2v) is 9.39. The number of aliphatic hydroxyl groups excluding tert-OH is 1. The summed E-state index contributed by atoms with van der Waals surface area (Å²) >= 11 is 0. The number of hydrogen-bond donors (Lipinski definition) is 1.